The second-order valence-corrected chi connectivity index (χ2v) is 9.06. The summed E-state index contributed by atoms with van der Waals surface area (Å²) < 4.78 is 0. The van der Waals surface area contributed by atoms with E-state index in [0.29, 0.717) is 0 Å². The average molecular weight is 435 g/mol. The Hall–Kier alpha value is -3.30. The molecule has 2 atom stereocenters. The molecule has 4 aromatic rings. The smallest absolute Gasteiger partial charge is 0.158 e. The van der Waals surface area contributed by atoms with E-state index in [1.165, 1.54) is 27.8 Å². The Bertz CT molecular complexity index is 1170. The first-order chi connectivity index (χ1) is 15.8. The molecule has 0 bridgehead atoms. The van der Waals surface area contributed by atoms with Crippen molar-refractivity contribution in [1.29, 1.82) is 0 Å². The van der Waals surface area contributed by atoms with Gasteiger partial charge < -0.3 is 5.32 Å². The minimum atomic E-state index is 0.0884. The first kappa shape index (κ1) is 20.6. The molecule has 32 heavy (non-hydrogen) atoms. The van der Waals surface area contributed by atoms with Crippen LogP contribution in [0.15, 0.2) is 120 Å². The molecule has 4 aromatic carbocycles. The number of aliphatic imine (C=N–C) groups is 1. The summed E-state index contributed by atoms with van der Waals surface area (Å²) in [6.07, 6.45) is 0.963. The molecule has 5 rings (SSSR count). The molecule has 0 radical (unpaired) electrons. The third-order valence-electron chi connectivity index (χ3n) is 5.77. The van der Waals surface area contributed by atoms with Crippen molar-refractivity contribution in [1.82, 2.24) is 5.32 Å². The fourth-order valence-electron chi connectivity index (χ4n) is 4.18. The van der Waals surface area contributed by atoms with Gasteiger partial charge in [-0.1, -0.05) is 127 Å². The molecule has 1 N–H and O–H groups in total. The van der Waals surface area contributed by atoms with Crippen LogP contribution in [0.2, 0.25) is 0 Å². The van der Waals surface area contributed by atoms with Crippen LogP contribution >= 0.6 is 11.8 Å². The molecule has 0 amide bonds. The van der Waals surface area contributed by atoms with E-state index in [-0.39, 0.29) is 12.1 Å². The molecule has 2 nitrogen and oxygen atoms in total. The zero-order chi connectivity index (χ0) is 21.6. The van der Waals surface area contributed by atoms with Crippen LogP contribution in [0.4, 0.5) is 0 Å². The summed E-state index contributed by atoms with van der Waals surface area (Å²) in [5, 5.41) is 4.71. The molecule has 158 valence electrons. The van der Waals surface area contributed by atoms with Crippen LogP contribution in [0, 0.1) is 0 Å². The van der Waals surface area contributed by atoms with E-state index < -0.39 is 0 Å². The highest BCUT2D eigenvalue weighted by Crippen LogP contribution is 2.38. The van der Waals surface area contributed by atoms with Gasteiger partial charge in [0.15, 0.2) is 5.17 Å². The predicted octanol–water partition coefficient (Wildman–Crippen LogP) is 6.95. The molecular weight excluding hydrogens is 408 g/mol. The Labute approximate surface area is 194 Å². The summed E-state index contributed by atoms with van der Waals surface area (Å²) in [6, 6.07) is 41.0. The molecule has 0 fully saturated rings. The van der Waals surface area contributed by atoms with E-state index >= 15 is 0 Å². The lowest BCUT2D eigenvalue weighted by Crippen LogP contribution is -2.22. The second kappa shape index (κ2) is 9.88. The number of hydrogen-bond donors (Lipinski definition) is 1. The molecule has 0 spiro atoms. The lowest BCUT2D eigenvalue weighted by molar-refractivity contribution is 0.573. The number of benzene rings is 4. The molecular formula is C29H26N2S. The highest BCUT2D eigenvalue weighted by Gasteiger charge is 2.31. The molecule has 3 heteroatoms. The van der Waals surface area contributed by atoms with Gasteiger partial charge >= 0.3 is 0 Å². The second-order valence-electron chi connectivity index (χ2n) is 8.09. The van der Waals surface area contributed by atoms with Gasteiger partial charge in [-0.25, -0.2) is 0 Å². The molecule has 0 saturated carbocycles. The molecule has 1 heterocycles. The highest BCUT2D eigenvalue weighted by molar-refractivity contribution is 8.13. The highest BCUT2D eigenvalue weighted by atomic mass is 32.2. The van der Waals surface area contributed by atoms with E-state index in [4.69, 9.17) is 4.99 Å². The van der Waals surface area contributed by atoms with Crippen molar-refractivity contribution in [3.63, 3.8) is 0 Å². The van der Waals surface area contributed by atoms with Gasteiger partial charge in [0.1, 0.15) is 6.04 Å². The van der Waals surface area contributed by atoms with Crippen LogP contribution in [0.3, 0.4) is 0 Å². The number of rotatable bonds is 6. The monoisotopic (exact) mass is 434 g/mol. The lowest BCUT2D eigenvalue weighted by Gasteiger charge is -2.19. The van der Waals surface area contributed by atoms with E-state index in [1.54, 1.807) is 11.8 Å². The summed E-state index contributed by atoms with van der Waals surface area (Å²) in [7, 11) is 0. The molecule has 0 saturated heterocycles. The largest absolute Gasteiger partial charge is 0.356 e. The maximum atomic E-state index is 5.09. The van der Waals surface area contributed by atoms with Crippen molar-refractivity contribution in [3.05, 3.63) is 143 Å². The number of amidine groups is 1. The van der Waals surface area contributed by atoms with E-state index in [2.05, 4.69) is 121 Å². The minimum Gasteiger partial charge on any atom is -0.356 e. The Kier molecular flexibility index (Phi) is 6.36. The fourth-order valence-corrected chi connectivity index (χ4v) is 5.07. The minimum absolute atomic E-state index is 0.0884. The molecule has 0 unspecified atom stereocenters. The Morgan fingerprint density at radius 3 is 1.94 bits per heavy atom. The Balaban J connectivity index is 1.30. The zero-order valence-electron chi connectivity index (χ0n) is 17.9. The summed E-state index contributed by atoms with van der Waals surface area (Å²) in [6.45, 7) is 0. The lowest BCUT2D eigenvalue weighted by atomic mass is 9.95. The van der Waals surface area contributed by atoms with Crippen molar-refractivity contribution in [2.75, 3.05) is 0 Å². The van der Waals surface area contributed by atoms with Crippen LogP contribution in [0.25, 0.3) is 0 Å². The third-order valence-corrected chi connectivity index (χ3v) is 6.74. The van der Waals surface area contributed by atoms with E-state index in [0.717, 1.165) is 17.3 Å². The SMILES string of the molecule is c1ccc(Cc2cccc(CSC3=N[C@@H](c4ccccc4)[C@@H](c4ccccc4)N3)c2)cc1. The predicted molar refractivity (Wildman–Crippen MR) is 136 cm³/mol. The average Bonchev–Trinajstić information content (AvgIpc) is 3.29. The first-order valence-corrected chi connectivity index (χ1v) is 12.0. The van der Waals surface area contributed by atoms with Gasteiger partial charge in [0.05, 0.1) is 6.04 Å². The maximum absolute atomic E-state index is 5.09. The van der Waals surface area contributed by atoms with Crippen molar-refractivity contribution < 1.29 is 0 Å². The number of nitrogens with zero attached hydrogens (tertiary/aromatic N) is 1. The van der Waals surface area contributed by atoms with Gasteiger partial charge in [-0.3, -0.25) is 4.99 Å². The van der Waals surface area contributed by atoms with Crippen LogP contribution in [-0.2, 0) is 12.2 Å². The van der Waals surface area contributed by atoms with Gasteiger partial charge in [0, 0.05) is 5.75 Å². The van der Waals surface area contributed by atoms with E-state index in [9.17, 15) is 0 Å². The maximum Gasteiger partial charge on any atom is 0.158 e. The van der Waals surface area contributed by atoms with Crippen LogP contribution in [-0.4, -0.2) is 5.17 Å². The third kappa shape index (κ3) is 4.95. The zero-order valence-corrected chi connectivity index (χ0v) is 18.7. The molecule has 1 aliphatic heterocycles. The molecule has 1 aliphatic rings. The summed E-state index contributed by atoms with van der Waals surface area (Å²) in [4.78, 5) is 5.09. The number of hydrogen-bond acceptors (Lipinski definition) is 3. The van der Waals surface area contributed by atoms with Crippen molar-refractivity contribution in [2.45, 2.75) is 24.3 Å². The quantitative estimate of drug-likeness (QED) is 0.355. The van der Waals surface area contributed by atoms with Gasteiger partial charge in [0.25, 0.3) is 0 Å². The van der Waals surface area contributed by atoms with Crippen LogP contribution in [0.1, 0.15) is 39.9 Å². The Morgan fingerprint density at radius 1 is 0.625 bits per heavy atom. The standard InChI is InChI=1S/C29H26N2S/c1-4-11-22(12-5-1)19-23-13-10-14-24(20-23)21-32-29-30-27(25-15-6-2-7-16-25)28(31-29)26-17-8-3-9-18-26/h1-18,20,27-28H,19,21H2,(H,30,31)/t27-,28+. The van der Waals surface area contributed by atoms with Crippen molar-refractivity contribution in [3.8, 4) is 0 Å². The fraction of sp³-hybridized carbons (Fsp3) is 0.138. The van der Waals surface area contributed by atoms with Gasteiger partial charge in [-0.15, -0.1) is 0 Å². The van der Waals surface area contributed by atoms with Crippen LogP contribution in [0.5, 0.6) is 0 Å². The first-order valence-electron chi connectivity index (χ1n) is 11.0. The van der Waals surface area contributed by atoms with E-state index in [1.807, 2.05) is 0 Å². The number of nitrogens with one attached hydrogen (secondary N) is 1. The Morgan fingerprint density at radius 2 is 1.22 bits per heavy atom. The number of thioether (sulfide) groups is 1. The van der Waals surface area contributed by atoms with Crippen molar-refractivity contribution >= 4 is 16.9 Å². The van der Waals surface area contributed by atoms with Gasteiger partial charge in [-0.2, -0.15) is 0 Å². The summed E-state index contributed by atoms with van der Waals surface area (Å²) in [5.74, 6) is 0.900. The summed E-state index contributed by atoms with van der Waals surface area (Å²) in [5.41, 5.74) is 6.53. The normalized spacial score (nSPS) is 17.6. The topological polar surface area (TPSA) is 24.4 Å². The van der Waals surface area contributed by atoms with Gasteiger partial charge in [0.2, 0.25) is 0 Å². The molecule has 0 aromatic heterocycles. The van der Waals surface area contributed by atoms with Crippen molar-refractivity contribution in [2.24, 2.45) is 4.99 Å². The van der Waals surface area contributed by atoms with Crippen LogP contribution < -0.4 is 5.32 Å². The van der Waals surface area contributed by atoms with Gasteiger partial charge in [-0.05, 0) is 34.2 Å². The molecule has 0 aliphatic carbocycles. The summed E-state index contributed by atoms with van der Waals surface area (Å²) >= 11 is 1.79.